The minimum atomic E-state index is -3.64. The molecule has 142 valence electrons. The average Bonchev–Trinajstić information content (AvgIpc) is 2.62. The number of para-hydroxylation sites is 1. The van der Waals surface area contributed by atoms with Crippen molar-refractivity contribution in [2.45, 2.75) is 35.3 Å². The van der Waals surface area contributed by atoms with Crippen molar-refractivity contribution in [2.24, 2.45) is 0 Å². The molecule has 0 spiro atoms. The number of amides is 2. The molecule has 0 radical (unpaired) electrons. The predicted octanol–water partition coefficient (Wildman–Crippen LogP) is 3.23. The SMILES string of the molecule is Cc1ccccc1NC(=O)CCS(=O)(=O)c1ccc2c(c1)NC(=O)[C@@H](C)S2. The molecule has 0 aliphatic carbocycles. The molecule has 6 nitrogen and oxygen atoms in total. The van der Waals surface area contributed by atoms with Gasteiger partial charge in [0.1, 0.15) is 0 Å². The highest BCUT2D eigenvalue weighted by Gasteiger charge is 2.25. The second kappa shape index (κ2) is 7.74. The van der Waals surface area contributed by atoms with Crippen molar-refractivity contribution in [1.82, 2.24) is 0 Å². The molecule has 0 unspecified atom stereocenters. The van der Waals surface area contributed by atoms with Crippen molar-refractivity contribution in [3.8, 4) is 0 Å². The standard InChI is InChI=1S/C19H20N2O4S2/c1-12-5-3-4-6-15(12)20-18(22)9-10-27(24,25)14-7-8-17-16(11-14)21-19(23)13(2)26-17/h3-8,11,13H,9-10H2,1-2H3,(H,20,22)(H,21,23)/t13-/m1/s1. The Morgan fingerprint density at radius 3 is 2.70 bits per heavy atom. The lowest BCUT2D eigenvalue weighted by Gasteiger charge is -2.21. The molecule has 2 aromatic carbocycles. The van der Waals surface area contributed by atoms with Gasteiger partial charge >= 0.3 is 0 Å². The van der Waals surface area contributed by atoms with E-state index in [1.54, 1.807) is 25.1 Å². The Balaban J connectivity index is 1.68. The molecule has 2 N–H and O–H groups in total. The molecular weight excluding hydrogens is 384 g/mol. The molecule has 0 bridgehead atoms. The number of fused-ring (bicyclic) bond motifs is 1. The zero-order valence-corrected chi connectivity index (χ0v) is 16.6. The molecule has 2 amide bonds. The van der Waals surface area contributed by atoms with Crippen LogP contribution in [0.3, 0.4) is 0 Å². The van der Waals surface area contributed by atoms with Gasteiger partial charge in [-0.25, -0.2) is 8.42 Å². The van der Waals surface area contributed by atoms with Crippen molar-refractivity contribution in [1.29, 1.82) is 0 Å². The van der Waals surface area contributed by atoms with E-state index in [0.29, 0.717) is 11.4 Å². The van der Waals surface area contributed by atoms with E-state index in [1.807, 2.05) is 19.1 Å². The van der Waals surface area contributed by atoms with Gasteiger partial charge in [0.05, 0.1) is 21.6 Å². The zero-order chi connectivity index (χ0) is 19.6. The van der Waals surface area contributed by atoms with Crippen LogP contribution in [0.2, 0.25) is 0 Å². The highest BCUT2D eigenvalue weighted by molar-refractivity contribution is 8.01. The number of nitrogens with one attached hydrogen (secondary N) is 2. The summed E-state index contributed by atoms with van der Waals surface area (Å²) in [5.41, 5.74) is 2.07. The molecule has 1 heterocycles. The fourth-order valence-corrected chi connectivity index (χ4v) is 4.85. The third-order valence-corrected chi connectivity index (χ3v) is 7.15. The molecule has 1 aliphatic heterocycles. The number of benzene rings is 2. The number of anilines is 2. The molecule has 1 atom stereocenters. The smallest absolute Gasteiger partial charge is 0.237 e. The molecule has 0 fully saturated rings. The fourth-order valence-electron chi connectivity index (χ4n) is 2.65. The summed E-state index contributed by atoms with van der Waals surface area (Å²) in [5.74, 6) is -0.816. The van der Waals surface area contributed by atoms with Crippen LogP contribution >= 0.6 is 11.8 Å². The van der Waals surface area contributed by atoms with Crippen molar-refractivity contribution in [3.63, 3.8) is 0 Å². The van der Waals surface area contributed by atoms with Crippen LogP contribution in [0.25, 0.3) is 0 Å². The van der Waals surface area contributed by atoms with Gasteiger partial charge in [0.25, 0.3) is 0 Å². The maximum atomic E-state index is 12.6. The van der Waals surface area contributed by atoms with Crippen molar-refractivity contribution in [3.05, 3.63) is 48.0 Å². The van der Waals surface area contributed by atoms with E-state index in [1.165, 1.54) is 23.9 Å². The first-order chi connectivity index (χ1) is 12.8. The Hall–Kier alpha value is -2.32. The second-order valence-electron chi connectivity index (χ2n) is 6.34. The van der Waals surface area contributed by atoms with Crippen LogP contribution in [0.1, 0.15) is 18.9 Å². The van der Waals surface area contributed by atoms with Gasteiger partial charge in [-0.15, -0.1) is 11.8 Å². The van der Waals surface area contributed by atoms with Crippen LogP contribution in [0.4, 0.5) is 11.4 Å². The first-order valence-electron chi connectivity index (χ1n) is 8.46. The number of carbonyl (C=O) groups excluding carboxylic acids is 2. The molecule has 27 heavy (non-hydrogen) atoms. The van der Waals surface area contributed by atoms with E-state index in [-0.39, 0.29) is 34.1 Å². The Kier molecular flexibility index (Phi) is 5.57. The minimum Gasteiger partial charge on any atom is -0.326 e. The van der Waals surface area contributed by atoms with Crippen LogP contribution < -0.4 is 10.6 Å². The molecular formula is C19H20N2O4S2. The number of rotatable bonds is 5. The summed E-state index contributed by atoms with van der Waals surface area (Å²) in [5, 5.41) is 5.24. The summed E-state index contributed by atoms with van der Waals surface area (Å²) >= 11 is 1.39. The highest BCUT2D eigenvalue weighted by Crippen LogP contribution is 2.36. The Labute approximate surface area is 162 Å². The van der Waals surface area contributed by atoms with Gasteiger partial charge in [0.2, 0.25) is 11.8 Å². The van der Waals surface area contributed by atoms with Crippen molar-refractivity contribution >= 4 is 44.8 Å². The first kappa shape index (κ1) is 19.4. The third kappa shape index (κ3) is 4.51. The maximum Gasteiger partial charge on any atom is 0.237 e. The van der Waals surface area contributed by atoms with Crippen LogP contribution in [-0.2, 0) is 19.4 Å². The van der Waals surface area contributed by atoms with E-state index < -0.39 is 9.84 Å². The van der Waals surface area contributed by atoms with E-state index in [4.69, 9.17) is 0 Å². The summed E-state index contributed by atoms with van der Waals surface area (Å²) < 4.78 is 25.2. The first-order valence-corrected chi connectivity index (χ1v) is 11.0. The van der Waals surface area contributed by atoms with Crippen molar-refractivity contribution < 1.29 is 18.0 Å². The lowest BCUT2D eigenvalue weighted by molar-refractivity contribution is -0.116. The summed E-state index contributed by atoms with van der Waals surface area (Å²) in [6, 6.07) is 12.0. The molecule has 0 aromatic heterocycles. The van der Waals surface area contributed by atoms with Gasteiger partial charge in [-0.1, -0.05) is 18.2 Å². The predicted molar refractivity (Wildman–Crippen MR) is 107 cm³/mol. The zero-order valence-electron chi connectivity index (χ0n) is 15.0. The van der Waals surface area contributed by atoms with Crippen LogP contribution in [0.15, 0.2) is 52.3 Å². The summed E-state index contributed by atoms with van der Waals surface area (Å²) in [6.45, 7) is 3.66. The van der Waals surface area contributed by atoms with E-state index in [2.05, 4.69) is 10.6 Å². The highest BCUT2D eigenvalue weighted by atomic mass is 32.2. The van der Waals surface area contributed by atoms with Crippen molar-refractivity contribution in [2.75, 3.05) is 16.4 Å². The molecule has 0 saturated heterocycles. The number of carbonyl (C=O) groups is 2. The molecule has 1 aliphatic rings. The second-order valence-corrected chi connectivity index (χ2v) is 9.83. The molecule has 0 saturated carbocycles. The maximum absolute atomic E-state index is 12.6. The fraction of sp³-hybridized carbons (Fsp3) is 0.263. The van der Waals surface area contributed by atoms with Crippen LogP contribution in [0.5, 0.6) is 0 Å². The Morgan fingerprint density at radius 1 is 1.22 bits per heavy atom. The van der Waals surface area contributed by atoms with Crippen LogP contribution in [0, 0.1) is 6.92 Å². The monoisotopic (exact) mass is 404 g/mol. The quantitative estimate of drug-likeness (QED) is 0.798. The topological polar surface area (TPSA) is 92.3 Å². The molecule has 8 heteroatoms. The van der Waals surface area contributed by atoms with E-state index >= 15 is 0 Å². The third-order valence-electron chi connectivity index (χ3n) is 4.26. The summed E-state index contributed by atoms with van der Waals surface area (Å²) in [7, 11) is -3.64. The summed E-state index contributed by atoms with van der Waals surface area (Å²) in [4.78, 5) is 24.8. The van der Waals surface area contributed by atoms with Gasteiger partial charge in [-0.2, -0.15) is 0 Å². The van der Waals surface area contributed by atoms with E-state index in [9.17, 15) is 18.0 Å². The van der Waals surface area contributed by atoms with Gasteiger partial charge in [-0.3, -0.25) is 9.59 Å². The minimum absolute atomic E-state index is 0.0976. The average molecular weight is 405 g/mol. The van der Waals surface area contributed by atoms with Crippen LogP contribution in [-0.4, -0.2) is 31.2 Å². The Morgan fingerprint density at radius 2 is 1.96 bits per heavy atom. The lowest BCUT2D eigenvalue weighted by Crippen LogP contribution is -2.26. The molecule has 2 aromatic rings. The van der Waals surface area contributed by atoms with Gasteiger partial charge in [0, 0.05) is 17.0 Å². The number of aryl methyl sites for hydroxylation is 1. The van der Waals surface area contributed by atoms with Gasteiger partial charge in [0.15, 0.2) is 9.84 Å². The number of hydrogen-bond acceptors (Lipinski definition) is 5. The largest absolute Gasteiger partial charge is 0.326 e. The normalized spacial score (nSPS) is 16.4. The molecule has 3 rings (SSSR count). The number of sulfone groups is 1. The lowest BCUT2D eigenvalue weighted by atomic mass is 10.2. The Bertz CT molecular complexity index is 1000. The summed E-state index contributed by atoms with van der Waals surface area (Å²) in [6.07, 6.45) is -0.147. The number of thioether (sulfide) groups is 1. The van der Waals surface area contributed by atoms with E-state index in [0.717, 1.165) is 10.5 Å². The number of hydrogen-bond donors (Lipinski definition) is 2. The van der Waals surface area contributed by atoms with Gasteiger partial charge < -0.3 is 10.6 Å². The van der Waals surface area contributed by atoms with Gasteiger partial charge in [-0.05, 0) is 43.7 Å².